The van der Waals surface area contributed by atoms with Crippen molar-refractivity contribution in [2.45, 2.75) is 33.7 Å². The number of furan rings is 1. The summed E-state index contributed by atoms with van der Waals surface area (Å²) in [5.41, 5.74) is 3.56. The molecule has 0 amide bonds. The Morgan fingerprint density at radius 3 is 2.44 bits per heavy atom. The first kappa shape index (κ1) is 13.2. The number of halogens is 1. The van der Waals surface area contributed by atoms with Gasteiger partial charge in [-0.2, -0.15) is 0 Å². The number of nitrogens with one attached hydrogen (secondary N) is 1. The Kier molecular flexibility index (Phi) is 3.81. The molecule has 96 valence electrons. The second-order valence-electron chi connectivity index (χ2n) is 4.72. The zero-order valence-electron chi connectivity index (χ0n) is 11.2. The Morgan fingerprint density at radius 2 is 1.89 bits per heavy atom. The molecule has 1 heterocycles. The fraction of sp³-hybridized carbons (Fsp3) is 0.333. The molecule has 0 fully saturated rings. The van der Waals surface area contributed by atoms with E-state index in [1.165, 1.54) is 11.1 Å². The van der Waals surface area contributed by atoms with Gasteiger partial charge < -0.3 is 9.73 Å². The van der Waals surface area contributed by atoms with Crippen molar-refractivity contribution in [1.29, 1.82) is 0 Å². The van der Waals surface area contributed by atoms with E-state index in [1.54, 1.807) is 0 Å². The molecule has 3 heteroatoms. The minimum Gasteiger partial charge on any atom is -0.466 e. The highest BCUT2D eigenvalue weighted by atomic mass is 79.9. The summed E-state index contributed by atoms with van der Waals surface area (Å²) in [6, 6.07) is 8.63. The van der Waals surface area contributed by atoms with Gasteiger partial charge in [-0.25, -0.2) is 0 Å². The molecule has 1 aromatic carbocycles. The van der Waals surface area contributed by atoms with Crippen molar-refractivity contribution in [2.24, 2.45) is 0 Å². The second kappa shape index (κ2) is 5.19. The van der Waals surface area contributed by atoms with E-state index in [0.29, 0.717) is 0 Å². The smallest absolute Gasteiger partial charge is 0.106 e. The van der Waals surface area contributed by atoms with Crippen LogP contribution in [0.4, 0.5) is 5.69 Å². The van der Waals surface area contributed by atoms with E-state index in [1.807, 2.05) is 13.8 Å². The van der Waals surface area contributed by atoms with Crippen LogP contribution in [0.1, 0.15) is 35.6 Å². The zero-order chi connectivity index (χ0) is 13.3. The van der Waals surface area contributed by atoms with Crippen molar-refractivity contribution in [1.82, 2.24) is 0 Å². The summed E-state index contributed by atoms with van der Waals surface area (Å²) >= 11 is 3.59. The predicted molar refractivity (Wildman–Crippen MR) is 79.1 cm³/mol. The van der Waals surface area contributed by atoms with Crippen LogP contribution in [0.3, 0.4) is 0 Å². The highest BCUT2D eigenvalue weighted by Crippen LogP contribution is 2.29. The van der Waals surface area contributed by atoms with Crippen LogP contribution in [0.25, 0.3) is 0 Å². The highest BCUT2D eigenvalue weighted by Gasteiger charge is 2.13. The van der Waals surface area contributed by atoms with E-state index < -0.39 is 0 Å². The minimum absolute atomic E-state index is 0.224. The second-order valence-corrected chi connectivity index (χ2v) is 5.57. The number of aryl methyl sites for hydroxylation is 3. The van der Waals surface area contributed by atoms with Gasteiger partial charge in [0, 0.05) is 15.7 Å². The number of hydrogen-bond donors (Lipinski definition) is 1. The average Bonchev–Trinajstić information content (AvgIpc) is 2.62. The molecule has 1 aromatic heterocycles. The predicted octanol–water partition coefficient (Wildman–Crippen LogP) is 5.14. The summed E-state index contributed by atoms with van der Waals surface area (Å²) in [5.74, 6) is 1.94. The molecule has 1 atom stereocenters. The molecule has 0 aliphatic rings. The lowest BCUT2D eigenvalue weighted by molar-refractivity contribution is 0.500. The summed E-state index contributed by atoms with van der Waals surface area (Å²) < 4.78 is 6.66. The van der Waals surface area contributed by atoms with Crippen molar-refractivity contribution in [2.75, 3.05) is 5.32 Å². The van der Waals surface area contributed by atoms with Crippen LogP contribution in [0, 0.1) is 20.8 Å². The maximum atomic E-state index is 5.57. The zero-order valence-corrected chi connectivity index (χ0v) is 12.8. The molecule has 0 bridgehead atoms. The van der Waals surface area contributed by atoms with E-state index in [-0.39, 0.29) is 6.04 Å². The molecule has 18 heavy (non-hydrogen) atoms. The van der Waals surface area contributed by atoms with Gasteiger partial charge in [0.1, 0.15) is 11.5 Å². The maximum absolute atomic E-state index is 5.57. The van der Waals surface area contributed by atoms with Crippen LogP contribution < -0.4 is 5.32 Å². The highest BCUT2D eigenvalue weighted by molar-refractivity contribution is 9.10. The minimum atomic E-state index is 0.224. The summed E-state index contributed by atoms with van der Waals surface area (Å²) in [6.45, 7) is 8.21. The van der Waals surface area contributed by atoms with Gasteiger partial charge in [0.15, 0.2) is 0 Å². The Bertz CT molecular complexity index is 560. The quantitative estimate of drug-likeness (QED) is 0.849. The van der Waals surface area contributed by atoms with Gasteiger partial charge in [-0.3, -0.25) is 0 Å². The van der Waals surface area contributed by atoms with Gasteiger partial charge in [-0.05, 0) is 67.4 Å². The molecule has 0 saturated carbocycles. The van der Waals surface area contributed by atoms with Gasteiger partial charge in [-0.1, -0.05) is 6.07 Å². The molecule has 0 saturated heterocycles. The lowest BCUT2D eigenvalue weighted by Gasteiger charge is -2.16. The van der Waals surface area contributed by atoms with E-state index in [9.17, 15) is 0 Å². The monoisotopic (exact) mass is 307 g/mol. The molecule has 0 aliphatic carbocycles. The summed E-state index contributed by atoms with van der Waals surface area (Å²) in [4.78, 5) is 0. The molecule has 1 N–H and O–H groups in total. The standard InChI is InChI=1S/C15H18BrNO/c1-9-5-6-15(14(16)7-9)17-11(3)13-8-10(2)18-12(13)4/h5-8,11,17H,1-4H3. The van der Waals surface area contributed by atoms with Crippen molar-refractivity contribution < 1.29 is 4.42 Å². The third-order valence-electron chi connectivity index (χ3n) is 3.04. The molecule has 0 spiro atoms. The summed E-state index contributed by atoms with van der Waals surface area (Å²) in [6.07, 6.45) is 0. The molecule has 0 aliphatic heterocycles. The molecule has 2 rings (SSSR count). The summed E-state index contributed by atoms with van der Waals surface area (Å²) in [5, 5.41) is 3.50. The van der Waals surface area contributed by atoms with Crippen molar-refractivity contribution in [3.63, 3.8) is 0 Å². The van der Waals surface area contributed by atoms with Crippen LogP contribution >= 0.6 is 15.9 Å². The Morgan fingerprint density at radius 1 is 1.17 bits per heavy atom. The van der Waals surface area contributed by atoms with Gasteiger partial charge in [0.2, 0.25) is 0 Å². The number of anilines is 1. The van der Waals surface area contributed by atoms with Crippen LogP contribution in [-0.4, -0.2) is 0 Å². The first-order valence-electron chi connectivity index (χ1n) is 6.07. The van der Waals surface area contributed by atoms with Crippen LogP contribution in [0.5, 0.6) is 0 Å². The first-order valence-corrected chi connectivity index (χ1v) is 6.86. The molecular formula is C15H18BrNO. The number of benzene rings is 1. The Labute approximate surface area is 117 Å². The van der Waals surface area contributed by atoms with E-state index in [0.717, 1.165) is 21.7 Å². The first-order chi connectivity index (χ1) is 8.47. The van der Waals surface area contributed by atoms with E-state index >= 15 is 0 Å². The van der Waals surface area contributed by atoms with Gasteiger partial charge >= 0.3 is 0 Å². The summed E-state index contributed by atoms with van der Waals surface area (Å²) in [7, 11) is 0. The van der Waals surface area contributed by atoms with Crippen LogP contribution in [0.15, 0.2) is 33.2 Å². The van der Waals surface area contributed by atoms with Crippen molar-refractivity contribution in [3.05, 3.63) is 51.4 Å². The van der Waals surface area contributed by atoms with Gasteiger partial charge in [0.05, 0.1) is 6.04 Å². The third-order valence-corrected chi connectivity index (χ3v) is 3.70. The molecular weight excluding hydrogens is 290 g/mol. The van der Waals surface area contributed by atoms with Crippen LogP contribution in [0.2, 0.25) is 0 Å². The van der Waals surface area contributed by atoms with E-state index in [2.05, 4.69) is 59.4 Å². The molecule has 2 nitrogen and oxygen atoms in total. The molecule has 0 radical (unpaired) electrons. The van der Waals surface area contributed by atoms with E-state index in [4.69, 9.17) is 4.42 Å². The fourth-order valence-electron chi connectivity index (χ4n) is 2.13. The Hall–Kier alpha value is -1.22. The molecule has 1 unspecified atom stereocenters. The van der Waals surface area contributed by atoms with Crippen LogP contribution in [-0.2, 0) is 0 Å². The topological polar surface area (TPSA) is 25.2 Å². The average molecular weight is 308 g/mol. The number of hydrogen-bond acceptors (Lipinski definition) is 2. The normalized spacial score (nSPS) is 12.5. The lowest BCUT2D eigenvalue weighted by Crippen LogP contribution is -2.07. The van der Waals surface area contributed by atoms with Gasteiger partial charge in [-0.15, -0.1) is 0 Å². The largest absolute Gasteiger partial charge is 0.466 e. The maximum Gasteiger partial charge on any atom is 0.106 e. The molecule has 2 aromatic rings. The Balaban J connectivity index is 2.21. The number of rotatable bonds is 3. The third kappa shape index (κ3) is 2.78. The SMILES string of the molecule is Cc1ccc(NC(C)c2cc(C)oc2C)c(Br)c1. The van der Waals surface area contributed by atoms with Crippen molar-refractivity contribution in [3.8, 4) is 0 Å². The lowest BCUT2D eigenvalue weighted by atomic mass is 10.1. The van der Waals surface area contributed by atoms with Gasteiger partial charge in [0.25, 0.3) is 0 Å². The fourth-order valence-corrected chi connectivity index (χ4v) is 2.74. The van der Waals surface area contributed by atoms with Crippen molar-refractivity contribution >= 4 is 21.6 Å².